The molecule has 1 aromatic rings. The molecule has 0 fully saturated rings. The smallest absolute Gasteiger partial charge is 0.156 e. The van der Waals surface area contributed by atoms with E-state index in [1.54, 1.807) is 11.8 Å². The van der Waals surface area contributed by atoms with Crippen LogP contribution >= 0.6 is 11.8 Å². The Balaban J connectivity index is 2.06. The van der Waals surface area contributed by atoms with Crippen molar-refractivity contribution in [1.82, 2.24) is 0 Å². The molecule has 0 saturated heterocycles. The van der Waals surface area contributed by atoms with Gasteiger partial charge in [-0.05, 0) is 11.1 Å². The maximum atomic E-state index is 10.7. The molecule has 2 heteroatoms. The van der Waals surface area contributed by atoms with E-state index in [1.807, 2.05) is 0 Å². The van der Waals surface area contributed by atoms with Gasteiger partial charge in [-0.25, -0.2) is 0 Å². The monoisotopic (exact) mass is 214 g/mol. The summed E-state index contributed by atoms with van der Waals surface area (Å²) in [4.78, 5) is 11.6. The highest BCUT2D eigenvalue weighted by molar-refractivity contribution is 8.04. The summed E-state index contributed by atoms with van der Waals surface area (Å²) in [6, 6.07) is 8.40. The van der Waals surface area contributed by atoms with E-state index < -0.39 is 0 Å². The second-order valence-corrected chi connectivity index (χ2v) is 5.01. The van der Waals surface area contributed by atoms with Gasteiger partial charge in [0.1, 0.15) is 0 Å². The molecule has 1 aliphatic carbocycles. The van der Waals surface area contributed by atoms with Gasteiger partial charge in [-0.1, -0.05) is 42.5 Å². The van der Waals surface area contributed by atoms with Crippen LogP contribution in [0.3, 0.4) is 0 Å². The number of hydrogen-bond acceptors (Lipinski definition) is 2. The number of benzene rings is 1. The topological polar surface area (TPSA) is 17.1 Å². The molecule has 74 valence electrons. The molecule has 1 heterocycles. The molecule has 0 radical (unpaired) electrons. The fourth-order valence-corrected chi connectivity index (χ4v) is 3.42. The zero-order valence-electron chi connectivity index (χ0n) is 8.09. The first-order valence-corrected chi connectivity index (χ1v) is 5.87. The van der Waals surface area contributed by atoms with Gasteiger partial charge in [0.15, 0.2) is 6.29 Å². The summed E-state index contributed by atoms with van der Waals surface area (Å²) in [5.74, 6) is 0.394. The second-order valence-electron chi connectivity index (χ2n) is 3.79. The van der Waals surface area contributed by atoms with Crippen molar-refractivity contribution in [2.45, 2.75) is 5.25 Å². The molecule has 1 aliphatic heterocycles. The van der Waals surface area contributed by atoms with E-state index in [2.05, 4.69) is 42.5 Å². The first kappa shape index (κ1) is 8.98. The third-order valence-electron chi connectivity index (χ3n) is 2.89. The zero-order chi connectivity index (χ0) is 10.3. The van der Waals surface area contributed by atoms with E-state index >= 15 is 0 Å². The van der Waals surface area contributed by atoms with Crippen LogP contribution in [0.1, 0.15) is 16.4 Å². The molecule has 0 bridgehead atoms. The Labute approximate surface area is 92.9 Å². The Kier molecular flexibility index (Phi) is 2.03. The molecule has 0 unspecified atom stereocenters. The van der Waals surface area contributed by atoms with E-state index in [4.69, 9.17) is 0 Å². The summed E-state index contributed by atoms with van der Waals surface area (Å²) >= 11 is 1.68. The SMILES string of the molecule is O=CC1=C[C@@H]2C=Cc3ccccc3[C@@H]2S1. The lowest BCUT2D eigenvalue weighted by atomic mass is 9.89. The van der Waals surface area contributed by atoms with Crippen LogP contribution < -0.4 is 0 Å². The highest BCUT2D eigenvalue weighted by atomic mass is 32.2. The van der Waals surface area contributed by atoms with Gasteiger partial charge >= 0.3 is 0 Å². The summed E-state index contributed by atoms with van der Waals surface area (Å²) in [6.45, 7) is 0. The molecule has 15 heavy (non-hydrogen) atoms. The van der Waals surface area contributed by atoms with Crippen LogP contribution in [0.25, 0.3) is 6.08 Å². The van der Waals surface area contributed by atoms with Crippen LogP contribution in [0, 0.1) is 5.92 Å². The van der Waals surface area contributed by atoms with Crippen molar-refractivity contribution >= 4 is 24.1 Å². The molecular formula is C13H10OS. The number of aldehydes is 1. The lowest BCUT2D eigenvalue weighted by Crippen LogP contribution is -2.06. The molecule has 2 atom stereocenters. The van der Waals surface area contributed by atoms with Crippen LogP contribution in [0.4, 0.5) is 0 Å². The average molecular weight is 214 g/mol. The zero-order valence-corrected chi connectivity index (χ0v) is 8.91. The van der Waals surface area contributed by atoms with Gasteiger partial charge in [0.25, 0.3) is 0 Å². The van der Waals surface area contributed by atoms with Gasteiger partial charge in [-0.15, -0.1) is 11.8 Å². The number of hydrogen-bond donors (Lipinski definition) is 0. The Morgan fingerprint density at radius 3 is 3.00 bits per heavy atom. The second kappa shape index (κ2) is 3.38. The van der Waals surface area contributed by atoms with Crippen molar-refractivity contribution in [2.75, 3.05) is 0 Å². The minimum Gasteiger partial charge on any atom is -0.297 e. The standard InChI is InChI=1S/C13H10OS/c14-8-11-7-10-6-5-9-3-1-2-4-12(9)13(10)15-11/h1-8,10,13H/t10-,13+/m0/s1. The Bertz CT molecular complexity index is 473. The van der Waals surface area contributed by atoms with Gasteiger partial charge in [0, 0.05) is 16.1 Å². The molecule has 0 spiro atoms. The van der Waals surface area contributed by atoms with E-state index in [-0.39, 0.29) is 0 Å². The Morgan fingerprint density at radius 1 is 1.27 bits per heavy atom. The third kappa shape index (κ3) is 1.37. The maximum Gasteiger partial charge on any atom is 0.156 e. The maximum absolute atomic E-state index is 10.7. The van der Waals surface area contributed by atoms with Crippen LogP contribution in [-0.4, -0.2) is 6.29 Å². The fourth-order valence-electron chi connectivity index (χ4n) is 2.17. The minimum absolute atomic E-state index is 0.394. The Morgan fingerprint density at radius 2 is 2.13 bits per heavy atom. The average Bonchev–Trinajstić information content (AvgIpc) is 2.72. The summed E-state index contributed by atoms with van der Waals surface area (Å²) in [5.41, 5.74) is 2.63. The predicted octanol–water partition coefficient (Wildman–Crippen LogP) is 3.20. The van der Waals surface area contributed by atoms with Crippen molar-refractivity contribution < 1.29 is 4.79 Å². The molecule has 1 aromatic carbocycles. The molecule has 3 rings (SSSR count). The number of allylic oxidation sites excluding steroid dienone is 3. The lowest BCUT2D eigenvalue weighted by Gasteiger charge is -2.22. The third-order valence-corrected chi connectivity index (χ3v) is 4.21. The van der Waals surface area contributed by atoms with Crippen molar-refractivity contribution in [1.29, 1.82) is 0 Å². The number of carbonyl (C=O) groups is 1. The van der Waals surface area contributed by atoms with E-state index in [0.717, 1.165) is 11.2 Å². The molecule has 0 saturated carbocycles. The first-order chi connectivity index (χ1) is 7.38. The fraction of sp³-hybridized carbons (Fsp3) is 0.154. The number of rotatable bonds is 1. The summed E-state index contributed by atoms with van der Waals surface area (Å²) < 4.78 is 0. The van der Waals surface area contributed by atoms with E-state index in [0.29, 0.717) is 11.2 Å². The van der Waals surface area contributed by atoms with Crippen molar-refractivity contribution in [2.24, 2.45) is 5.92 Å². The highest BCUT2D eigenvalue weighted by Crippen LogP contribution is 2.50. The predicted molar refractivity (Wildman–Crippen MR) is 63.4 cm³/mol. The first-order valence-electron chi connectivity index (χ1n) is 4.99. The van der Waals surface area contributed by atoms with Crippen LogP contribution in [-0.2, 0) is 4.79 Å². The highest BCUT2D eigenvalue weighted by Gasteiger charge is 2.31. The lowest BCUT2D eigenvalue weighted by molar-refractivity contribution is -0.104. The molecule has 1 nitrogen and oxygen atoms in total. The number of carbonyl (C=O) groups excluding carboxylic acids is 1. The minimum atomic E-state index is 0.394. The van der Waals surface area contributed by atoms with Gasteiger partial charge in [-0.3, -0.25) is 4.79 Å². The van der Waals surface area contributed by atoms with Crippen molar-refractivity contribution in [3.8, 4) is 0 Å². The van der Waals surface area contributed by atoms with Gasteiger partial charge in [0.05, 0.1) is 0 Å². The van der Waals surface area contributed by atoms with Crippen LogP contribution in [0.2, 0.25) is 0 Å². The van der Waals surface area contributed by atoms with Crippen molar-refractivity contribution in [3.63, 3.8) is 0 Å². The summed E-state index contributed by atoms with van der Waals surface area (Å²) in [5, 5.41) is 0.409. The summed E-state index contributed by atoms with van der Waals surface area (Å²) in [7, 11) is 0. The number of fused-ring (bicyclic) bond motifs is 3. The van der Waals surface area contributed by atoms with Gasteiger partial charge in [-0.2, -0.15) is 0 Å². The molecule has 0 N–H and O–H groups in total. The number of thioether (sulfide) groups is 1. The van der Waals surface area contributed by atoms with Gasteiger partial charge in [0.2, 0.25) is 0 Å². The molecule has 2 aliphatic rings. The Hall–Kier alpha value is -1.28. The van der Waals surface area contributed by atoms with Crippen LogP contribution in [0.15, 0.2) is 41.3 Å². The van der Waals surface area contributed by atoms with E-state index in [1.165, 1.54) is 11.1 Å². The van der Waals surface area contributed by atoms with E-state index in [9.17, 15) is 4.79 Å². The molecular weight excluding hydrogens is 204 g/mol. The quantitative estimate of drug-likeness (QED) is 0.668. The molecule has 0 amide bonds. The summed E-state index contributed by atoms with van der Waals surface area (Å²) in [6.07, 6.45) is 7.37. The largest absolute Gasteiger partial charge is 0.297 e. The molecule has 0 aromatic heterocycles. The van der Waals surface area contributed by atoms with Crippen LogP contribution in [0.5, 0.6) is 0 Å². The van der Waals surface area contributed by atoms with Crippen molar-refractivity contribution in [3.05, 3.63) is 52.4 Å². The van der Waals surface area contributed by atoms with Gasteiger partial charge < -0.3 is 0 Å². The normalized spacial score (nSPS) is 26.8.